The fourth-order valence-corrected chi connectivity index (χ4v) is 1.87. The first-order valence-electron chi connectivity index (χ1n) is 7.30. The molecule has 2 aromatic rings. The van der Waals surface area contributed by atoms with Gasteiger partial charge in [-0.2, -0.15) is 4.98 Å². The second kappa shape index (κ2) is 7.57. The quantitative estimate of drug-likeness (QED) is 0.850. The lowest BCUT2D eigenvalue weighted by atomic mass is 10.1. The molecular weight excluding hydrogens is 266 g/mol. The SMILES string of the molecule is CC(C)CCNC(=O)CCc1nc(-c2ccccc2)no1. The average Bonchev–Trinajstić information content (AvgIpc) is 2.94. The number of nitrogens with one attached hydrogen (secondary N) is 1. The highest BCUT2D eigenvalue weighted by molar-refractivity contribution is 5.75. The van der Waals surface area contributed by atoms with Gasteiger partial charge in [-0.1, -0.05) is 49.3 Å². The van der Waals surface area contributed by atoms with Gasteiger partial charge in [0.1, 0.15) is 0 Å². The number of nitrogens with zero attached hydrogens (tertiary/aromatic N) is 2. The molecular formula is C16H21N3O2. The largest absolute Gasteiger partial charge is 0.356 e. The van der Waals surface area contributed by atoms with Crippen LogP contribution in [0.4, 0.5) is 0 Å². The van der Waals surface area contributed by atoms with E-state index in [1.165, 1.54) is 0 Å². The Morgan fingerprint density at radius 2 is 2.05 bits per heavy atom. The minimum absolute atomic E-state index is 0.0233. The Labute approximate surface area is 124 Å². The molecule has 1 N–H and O–H groups in total. The summed E-state index contributed by atoms with van der Waals surface area (Å²) < 4.78 is 5.17. The fraction of sp³-hybridized carbons (Fsp3) is 0.438. The third-order valence-electron chi connectivity index (χ3n) is 3.11. The molecule has 2 rings (SSSR count). The Hall–Kier alpha value is -2.17. The summed E-state index contributed by atoms with van der Waals surface area (Å²) in [6.45, 7) is 4.99. The minimum atomic E-state index is 0.0233. The summed E-state index contributed by atoms with van der Waals surface area (Å²) in [7, 11) is 0. The number of aryl methyl sites for hydroxylation is 1. The number of aromatic nitrogens is 2. The van der Waals surface area contributed by atoms with Gasteiger partial charge in [-0.05, 0) is 12.3 Å². The van der Waals surface area contributed by atoms with Gasteiger partial charge in [-0.15, -0.1) is 0 Å². The second-order valence-electron chi connectivity index (χ2n) is 5.41. The molecule has 0 saturated heterocycles. The number of hydrogen-bond acceptors (Lipinski definition) is 4. The summed E-state index contributed by atoms with van der Waals surface area (Å²) in [6, 6.07) is 9.63. The van der Waals surface area contributed by atoms with Crippen LogP contribution in [0.25, 0.3) is 11.4 Å². The van der Waals surface area contributed by atoms with Crippen LogP contribution in [0, 0.1) is 5.92 Å². The van der Waals surface area contributed by atoms with Crippen LogP contribution in [-0.2, 0) is 11.2 Å². The summed E-state index contributed by atoms with van der Waals surface area (Å²) in [5.74, 6) is 1.67. The highest BCUT2D eigenvalue weighted by Crippen LogP contribution is 2.15. The summed E-state index contributed by atoms with van der Waals surface area (Å²) in [5, 5.41) is 6.83. The van der Waals surface area contributed by atoms with Crippen LogP contribution in [0.3, 0.4) is 0 Å². The first-order valence-corrected chi connectivity index (χ1v) is 7.30. The lowest BCUT2D eigenvalue weighted by molar-refractivity contribution is -0.121. The zero-order valence-corrected chi connectivity index (χ0v) is 12.5. The van der Waals surface area contributed by atoms with Crippen LogP contribution in [0.5, 0.6) is 0 Å². The van der Waals surface area contributed by atoms with Crippen molar-refractivity contribution in [1.82, 2.24) is 15.5 Å². The maximum Gasteiger partial charge on any atom is 0.227 e. The zero-order valence-electron chi connectivity index (χ0n) is 12.5. The number of amides is 1. The molecule has 1 amide bonds. The molecule has 5 nitrogen and oxygen atoms in total. The molecule has 0 unspecified atom stereocenters. The molecule has 1 heterocycles. The summed E-state index contributed by atoms with van der Waals surface area (Å²) in [4.78, 5) is 16.0. The fourth-order valence-electron chi connectivity index (χ4n) is 1.87. The van der Waals surface area contributed by atoms with Gasteiger partial charge >= 0.3 is 0 Å². The molecule has 21 heavy (non-hydrogen) atoms. The minimum Gasteiger partial charge on any atom is -0.356 e. The molecule has 0 atom stereocenters. The number of rotatable bonds is 7. The van der Waals surface area contributed by atoms with E-state index in [1.807, 2.05) is 30.3 Å². The van der Waals surface area contributed by atoms with E-state index in [2.05, 4.69) is 29.3 Å². The number of benzene rings is 1. The monoisotopic (exact) mass is 287 g/mol. The van der Waals surface area contributed by atoms with E-state index in [4.69, 9.17) is 4.52 Å². The van der Waals surface area contributed by atoms with E-state index in [0.717, 1.165) is 18.5 Å². The van der Waals surface area contributed by atoms with Crippen molar-refractivity contribution >= 4 is 5.91 Å². The summed E-state index contributed by atoms with van der Waals surface area (Å²) in [6.07, 6.45) is 1.83. The van der Waals surface area contributed by atoms with Crippen molar-refractivity contribution in [2.75, 3.05) is 6.54 Å². The van der Waals surface area contributed by atoms with Crippen molar-refractivity contribution < 1.29 is 9.32 Å². The van der Waals surface area contributed by atoms with E-state index < -0.39 is 0 Å². The standard InChI is InChI=1S/C16H21N3O2/c1-12(2)10-11-17-14(20)8-9-15-18-16(19-21-15)13-6-4-3-5-7-13/h3-7,12H,8-11H2,1-2H3,(H,17,20). The molecule has 112 valence electrons. The van der Waals surface area contributed by atoms with Gasteiger partial charge in [0.2, 0.25) is 17.6 Å². The van der Waals surface area contributed by atoms with E-state index in [0.29, 0.717) is 30.5 Å². The molecule has 1 aromatic heterocycles. The van der Waals surface area contributed by atoms with Crippen molar-refractivity contribution in [2.24, 2.45) is 5.92 Å². The van der Waals surface area contributed by atoms with E-state index in [9.17, 15) is 4.79 Å². The highest BCUT2D eigenvalue weighted by atomic mass is 16.5. The average molecular weight is 287 g/mol. The Morgan fingerprint density at radius 3 is 2.76 bits per heavy atom. The molecule has 0 saturated carbocycles. The van der Waals surface area contributed by atoms with Crippen molar-refractivity contribution in [3.8, 4) is 11.4 Å². The zero-order chi connectivity index (χ0) is 15.1. The lowest BCUT2D eigenvalue weighted by Gasteiger charge is -2.05. The van der Waals surface area contributed by atoms with Gasteiger partial charge in [0.15, 0.2) is 0 Å². The van der Waals surface area contributed by atoms with Crippen LogP contribution in [-0.4, -0.2) is 22.6 Å². The topological polar surface area (TPSA) is 68.0 Å². The molecule has 0 bridgehead atoms. The first-order chi connectivity index (χ1) is 10.1. The molecule has 0 aliphatic heterocycles. The summed E-state index contributed by atoms with van der Waals surface area (Å²) in [5.41, 5.74) is 0.911. The Kier molecular flexibility index (Phi) is 5.49. The van der Waals surface area contributed by atoms with Crippen LogP contribution < -0.4 is 5.32 Å². The van der Waals surface area contributed by atoms with Crippen LogP contribution in [0.1, 0.15) is 32.6 Å². The van der Waals surface area contributed by atoms with E-state index in [-0.39, 0.29) is 5.91 Å². The molecule has 0 aliphatic rings. The highest BCUT2D eigenvalue weighted by Gasteiger charge is 2.10. The van der Waals surface area contributed by atoms with E-state index >= 15 is 0 Å². The predicted molar refractivity (Wildman–Crippen MR) is 80.5 cm³/mol. The summed E-state index contributed by atoms with van der Waals surface area (Å²) >= 11 is 0. The molecule has 5 heteroatoms. The predicted octanol–water partition coefficient (Wildman–Crippen LogP) is 2.83. The molecule has 1 aromatic carbocycles. The molecule has 0 radical (unpaired) electrons. The molecule has 0 aliphatic carbocycles. The maximum atomic E-state index is 11.7. The lowest BCUT2D eigenvalue weighted by Crippen LogP contribution is -2.25. The van der Waals surface area contributed by atoms with Gasteiger partial charge < -0.3 is 9.84 Å². The van der Waals surface area contributed by atoms with E-state index in [1.54, 1.807) is 0 Å². The number of carbonyl (C=O) groups is 1. The molecule has 0 fully saturated rings. The van der Waals surface area contributed by atoms with Gasteiger partial charge in [0, 0.05) is 24.9 Å². The Bertz CT molecular complexity index is 564. The second-order valence-corrected chi connectivity index (χ2v) is 5.41. The number of hydrogen-bond donors (Lipinski definition) is 1. The maximum absolute atomic E-state index is 11.7. The van der Waals surface area contributed by atoms with Crippen LogP contribution in [0.15, 0.2) is 34.9 Å². The van der Waals surface area contributed by atoms with Crippen LogP contribution >= 0.6 is 0 Å². The van der Waals surface area contributed by atoms with Crippen LogP contribution in [0.2, 0.25) is 0 Å². The van der Waals surface area contributed by atoms with Crippen molar-refractivity contribution in [2.45, 2.75) is 33.1 Å². The van der Waals surface area contributed by atoms with Crippen molar-refractivity contribution in [3.63, 3.8) is 0 Å². The molecule has 0 spiro atoms. The van der Waals surface area contributed by atoms with Gasteiger partial charge in [-0.25, -0.2) is 0 Å². The normalized spacial score (nSPS) is 10.8. The number of carbonyl (C=O) groups excluding carboxylic acids is 1. The van der Waals surface area contributed by atoms with Gasteiger partial charge in [0.05, 0.1) is 0 Å². The Morgan fingerprint density at radius 1 is 1.29 bits per heavy atom. The first kappa shape index (κ1) is 15.2. The third-order valence-corrected chi connectivity index (χ3v) is 3.11. The third kappa shape index (κ3) is 5.02. The Balaban J connectivity index is 1.79. The van der Waals surface area contributed by atoms with Gasteiger partial charge in [0.25, 0.3) is 0 Å². The van der Waals surface area contributed by atoms with Gasteiger partial charge in [-0.3, -0.25) is 4.79 Å². The smallest absolute Gasteiger partial charge is 0.227 e. The van der Waals surface area contributed by atoms with Crippen molar-refractivity contribution in [1.29, 1.82) is 0 Å². The van der Waals surface area contributed by atoms with Crippen molar-refractivity contribution in [3.05, 3.63) is 36.2 Å².